The average Bonchev–Trinajstić information content (AvgIpc) is 2.93. The number of nitriles is 1. The number of H-pyrrole nitrogens is 1. The quantitative estimate of drug-likeness (QED) is 0.752. The number of pyridine rings is 1. The van der Waals surface area contributed by atoms with Crippen LogP contribution in [0.2, 0.25) is 0 Å². The van der Waals surface area contributed by atoms with Crippen molar-refractivity contribution >= 4 is 22.6 Å². The van der Waals surface area contributed by atoms with Crippen LogP contribution in [-0.4, -0.2) is 21.1 Å². The van der Waals surface area contributed by atoms with Crippen LogP contribution in [0.15, 0.2) is 36.5 Å². The van der Waals surface area contributed by atoms with Crippen molar-refractivity contribution in [1.82, 2.24) is 15.2 Å². The van der Waals surface area contributed by atoms with Crippen LogP contribution in [0.25, 0.3) is 10.9 Å². The number of aromatic nitrogens is 3. The molecule has 0 unspecified atom stereocenters. The molecule has 0 atom stereocenters. The SMILES string of the molecule is Cc1cc(C(=O)Nc2[nH]ncc2C#N)c2ccccc2n1. The molecule has 0 fully saturated rings. The molecule has 2 aromatic heterocycles. The van der Waals surface area contributed by atoms with Crippen molar-refractivity contribution in [3.8, 4) is 6.07 Å². The number of nitrogens with zero attached hydrogens (tertiary/aromatic N) is 3. The highest BCUT2D eigenvalue weighted by Crippen LogP contribution is 2.20. The van der Waals surface area contributed by atoms with Crippen molar-refractivity contribution < 1.29 is 4.79 Å². The Labute approximate surface area is 120 Å². The van der Waals surface area contributed by atoms with E-state index in [1.165, 1.54) is 6.20 Å². The molecule has 0 aliphatic heterocycles. The van der Waals surface area contributed by atoms with Gasteiger partial charge in [0.1, 0.15) is 17.5 Å². The number of hydrogen-bond donors (Lipinski definition) is 2. The lowest BCUT2D eigenvalue weighted by Gasteiger charge is -2.08. The van der Waals surface area contributed by atoms with Crippen LogP contribution in [0.3, 0.4) is 0 Å². The summed E-state index contributed by atoms with van der Waals surface area (Å²) >= 11 is 0. The smallest absolute Gasteiger partial charge is 0.257 e. The summed E-state index contributed by atoms with van der Waals surface area (Å²) in [6.45, 7) is 1.83. The maximum absolute atomic E-state index is 12.5. The molecular weight excluding hydrogens is 266 g/mol. The number of benzene rings is 1. The molecule has 0 saturated carbocycles. The molecule has 0 spiro atoms. The molecule has 3 rings (SSSR count). The molecule has 6 heteroatoms. The minimum absolute atomic E-state index is 0.290. The second-order valence-electron chi connectivity index (χ2n) is 4.55. The molecule has 6 nitrogen and oxygen atoms in total. The van der Waals surface area contributed by atoms with E-state index in [1.54, 1.807) is 6.07 Å². The Kier molecular flexibility index (Phi) is 3.09. The first-order valence-corrected chi connectivity index (χ1v) is 6.30. The van der Waals surface area contributed by atoms with Crippen molar-refractivity contribution in [1.29, 1.82) is 5.26 Å². The number of nitrogens with one attached hydrogen (secondary N) is 2. The first kappa shape index (κ1) is 12.8. The van der Waals surface area contributed by atoms with Crippen molar-refractivity contribution in [3.63, 3.8) is 0 Å². The molecule has 2 heterocycles. The number of carbonyl (C=O) groups excluding carboxylic acids is 1. The van der Waals surface area contributed by atoms with Crippen molar-refractivity contribution in [3.05, 3.63) is 53.3 Å². The Balaban J connectivity index is 2.04. The number of carbonyl (C=O) groups is 1. The molecule has 0 radical (unpaired) electrons. The van der Waals surface area contributed by atoms with Gasteiger partial charge in [-0.1, -0.05) is 18.2 Å². The molecule has 0 aliphatic carbocycles. The van der Waals surface area contributed by atoms with Crippen LogP contribution in [-0.2, 0) is 0 Å². The average molecular weight is 277 g/mol. The molecule has 0 bridgehead atoms. The van der Waals surface area contributed by atoms with E-state index in [4.69, 9.17) is 5.26 Å². The number of amides is 1. The van der Waals surface area contributed by atoms with Gasteiger partial charge in [0.25, 0.3) is 5.91 Å². The number of para-hydroxylation sites is 1. The lowest BCUT2D eigenvalue weighted by molar-refractivity contribution is 0.102. The monoisotopic (exact) mass is 277 g/mol. The molecule has 21 heavy (non-hydrogen) atoms. The highest BCUT2D eigenvalue weighted by molar-refractivity contribution is 6.12. The molecule has 102 valence electrons. The first-order valence-electron chi connectivity index (χ1n) is 6.30. The van der Waals surface area contributed by atoms with Crippen LogP contribution in [0, 0.1) is 18.3 Å². The minimum Gasteiger partial charge on any atom is -0.306 e. The number of rotatable bonds is 2. The summed E-state index contributed by atoms with van der Waals surface area (Å²) in [7, 11) is 0. The van der Waals surface area contributed by atoms with Gasteiger partial charge in [-0.3, -0.25) is 14.9 Å². The fraction of sp³-hybridized carbons (Fsp3) is 0.0667. The standard InChI is InChI=1S/C15H11N5O/c1-9-6-12(11-4-2-3-5-13(11)18-9)15(21)19-14-10(7-16)8-17-20-14/h2-6,8H,1H3,(H2,17,19,20,21). The number of aromatic amines is 1. The van der Waals surface area contributed by atoms with Gasteiger partial charge < -0.3 is 5.32 Å². The topological polar surface area (TPSA) is 94.5 Å². The third-order valence-corrected chi connectivity index (χ3v) is 3.09. The van der Waals surface area contributed by atoms with Crippen LogP contribution in [0.4, 0.5) is 5.82 Å². The highest BCUT2D eigenvalue weighted by atomic mass is 16.1. The van der Waals surface area contributed by atoms with Crippen LogP contribution >= 0.6 is 0 Å². The van der Waals surface area contributed by atoms with E-state index in [2.05, 4.69) is 20.5 Å². The van der Waals surface area contributed by atoms with E-state index in [-0.39, 0.29) is 5.91 Å². The molecular formula is C15H11N5O. The predicted octanol–water partition coefficient (Wildman–Crippen LogP) is 2.39. The second kappa shape index (κ2) is 5.06. The van der Waals surface area contributed by atoms with Crippen LogP contribution in [0.5, 0.6) is 0 Å². The van der Waals surface area contributed by atoms with E-state index < -0.39 is 0 Å². The summed E-state index contributed by atoms with van der Waals surface area (Å²) in [5, 5.41) is 18.7. The fourth-order valence-corrected chi connectivity index (χ4v) is 2.14. The fourth-order valence-electron chi connectivity index (χ4n) is 2.14. The Morgan fingerprint density at radius 2 is 2.19 bits per heavy atom. The molecule has 0 aliphatic rings. The number of anilines is 1. The highest BCUT2D eigenvalue weighted by Gasteiger charge is 2.14. The van der Waals surface area contributed by atoms with Crippen molar-refractivity contribution in [2.24, 2.45) is 0 Å². The van der Waals surface area contributed by atoms with Gasteiger partial charge in [-0.2, -0.15) is 10.4 Å². The van der Waals surface area contributed by atoms with Crippen LogP contribution in [0.1, 0.15) is 21.6 Å². The third kappa shape index (κ3) is 2.32. The van der Waals surface area contributed by atoms with Gasteiger partial charge in [0, 0.05) is 11.1 Å². The zero-order valence-corrected chi connectivity index (χ0v) is 11.2. The van der Waals surface area contributed by atoms with Gasteiger partial charge in [0.05, 0.1) is 17.3 Å². The third-order valence-electron chi connectivity index (χ3n) is 3.09. The zero-order chi connectivity index (χ0) is 14.8. The predicted molar refractivity (Wildman–Crippen MR) is 77.7 cm³/mol. The molecule has 2 N–H and O–H groups in total. The van der Waals surface area contributed by atoms with Gasteiger partial charge in [0.2, 0.25) is 0 Å². The molecule has 1 aromatic carbocycles. The van der Waals surface area contributed by atoms with E-state index in [9.17, 15) is 4.79 Å². The number of hydrogen-bond acceptors (Lipinski definition) is 4. The van der Waals surface area contributed by atoms with Gasteiger partial charge in [-0.15, -0.1) is 0 Å². The Morgan fingerprint density at radius 1 is 1.38 bits per heavy atom. The Hall–Kier alpha value is -3.20. The maximum Gasteiger partial charge on any atom is 0.257 e. The first-order chi connectivity index (χ1) is 10.2. The van der Waals surface area contributed by atoms with Gasteiger partial charge in [-0.05, 0) is 19.1 Å². The summed E-state index contributed by atoms with van der Waals surface area (Å²) in [4.78, 5) is 16.8. The normalized spacial score (nSPS) is 10.3. The lowest BCUT2D eigenvalue weighted by atomic mass is 10.1. The van der Waals surface area contributed by atoms with E-state index in [0.29, 0.717) is 16.9 Å². The van der Waals surface area contributed by atoms with Crippen LogP contribution < -0.4 is 5.32 Å². The van der Waals surface area contributed by atoms with Gasteiger partial charge in [0.15, 0.2) is 0 Å². The largest absolute Gasteiger partial charge is 0.306 e. The summed E-state index contributed by atoms with van der Waals surface area (Å²) in [6, 6.07) is 11.1. The second-order valence-corrected chi connectivity index (χ2v) is 4.55. The summed E-state index contributed by atoms with van der Waals surface area (Å²) in [5.41, 5.74) is 2.31. The summed E-state index contributed by atoms with van der Waals surface area (Å²) < 4.78 is 0. The molecule has 3 aromatic rings. The van der Waals surface area contributed by atoms with E-state index in [0.717, 1.165) is 16.6 Å². The Bertz CT molecular complexity index is 875. The number of aryl methyl sites for hydroxylation is 1. The van der Waals surface area contributed by atoms with Crippen molar-refractivity contribution in [2.45, 2.75) is 6.92 Å². The number of fused-ring (bicyclic) bond motifs is 1. The van der Waals surface area contributed by atoms with E-state index in [1.807, 2.05) is 37.3 Å². The lowest BCUT2D eigenvalue weighted by Crippen LogP contribution is -2.14. The summed E-state index contributed by atoms with van der Waals surface area (Å²) in [6.07, 6.45) is 1.37. The zero-order valence-electron chi connectivity index (χ0n) is 11.2. The Morgan fingerprint density at radius 3 is 3.00 bits per heavy atom. The molecule has 0 saturated heterocycles. The van der Waals surface area contributed by atoms with Crippen molar-refractivity contribution in [2.75, 3.05) is 5.32 Å². The van der Waals surface area contributed by atoms with Gasteiger partial charge in [-0.25, -0.2) is 0 Å². The maximum atomic E-state index is 12.5. The summed E-state index contributed by atoms with van der Waals surface area (Å²) in [5.74, 6) is -0.0153. The van der Waals surface area contributed by atoms with E-state index >= 15 is 0 Å². The van der Waals surface area contributed by atoms with Gasteiger partial charge >= 0.3 is 0 Å². The molecule has 1 amide bonds. The minimum atomic E-state index is -0.308.